The first-order valence-corrected chi connectivity index (χ1v) is 8.77. The van der Waals surface area contributed by atoms with Gasteiger partial charge < -0.3 is 5.32 Å². The molecule has 0 aliphatic carbocycles. The van der Waals surface area contributed by atoms with Crippen LogP contribution >= 0.6 is 11.3 Å². The van der Waals surface area contributed by atoms with Gasteiger partial charge in [0.05, 0.1) is 11.3 Å². The van der Waals surface area contributed by atoms with Crippen LogP contribution in [-0.2, 0) is 11.2 Å². The van der Waals surface area contributed by atoms with Crippen LogP contribution in [0.25, 0.3) is 16.5 Å². The number of nitrogens with zero attached hydrogens (tertiary/aromatic N) is 5. The second-order valence-electron chi connectivity index (χ2n) is 5.45. The van der Waals surface area contributed by atoms with Gasteiger partial charge >= 0.3 is 0 Å². The lowest BCUT2D eigenvalue weighted by atomic mass is 10.2. The van der Waals surface area contributed by atoms with Crippen molar-refractivity contribution in [1.82, 2.24) is 24.7 Å². The third-order valence-electron chi connectivity index (χ3n) is 3.55. The molecule has 1 amide bonds. The number of anilines is 1. The van der Waals surface area contributed by atoms with Gasteiger partial charge in [0.25, 0.3) is 0 Å². The van der Waals surface area contributed by atoms with Gasteiger partial charge in [0.1, 0.15) is 5.82 Å². The van der Waals surface area contributed by atoms with Gasteiger partial charge in [-0.25, -0.2) is 14.6 Å². The fourth-order valence-corrected chi connectivity index (χ4v) is 3.07. The molecule has 4 rings (SSSR count). The molecule has 0 aliphatic rings. The standard InChI is InChI=1S/C18H14N6OS/c25-17(10-13-4-1-6-19-12-13)21-15-11-16(24-8-3-7-20-24)23-18(22-15)14-5-2-9-26-14/h1-9,11-12H,10H2,(H,21,22,23,25). The number of carbonyl (C=O) groups excluding carboxylic acids is 1. The summed E-state index contributed by atoms with van der Waals surface area (Å²) < 4.78 is 1.63. The van der Waals surface area contributed by atoms with Gasteiger partial charge in [0, 0.05) is 30.9 Å². The third kappa shape index (κ3) is 3.65. The Balaban J connectivity index is 1.63. The number of pyridine rings is 1. The van der Waals surface area contributed by atoms with Crippen molar-refractivity contribution >= 4 is 23.1 Å². The molecule has 0 atom stereocenters. The summed E-state index contributed by atoms with van der Waals surface area (Å²) in [5, 5.41) is 9.00. The summed E-state index contributed by atoms with van der Waals surface area (Å²) in [7, 11) is 0. The highest BCUT2D eigenvalue weighted by atomic mass is 32.1. The van der Waals surface area contributed by atoms with E-state index >= 15 is 0 Å². The maximum absolute atomic E-state index is 12.4. The highest BCUT2D eigenvalue weighted by molar-refractivity contribution is 7.13. The van der Waals surface area contributed by atoms with E-state index in [1.165, 1.54) is 11.3 Å². The Bertz CT molecular complexity index is 947. The largest absolute Gasteiger partial charge is 0.310 e. The second-order valence-corrected chi connectivity index (χ2v) is 6.40. The van der Waals surface area contributed by atoms with Crippen LogP contribution in [0.5, 0.6) is 0 Å². The Hall–Kier alpha value is -3.39. The second kappa shape index (κ2) is 7.24. The van der Waals surface area contributed by atoms with Crippen molar-refractivity contribution in [3.05, 3.63) is 72.1 Å². The zero-order chi connectivity index (χ0) is 17.8. The number of hydrogen-bond donors (Lipinski definition) is 1. The number of amides is 1. The van der Waals surface area contributed by atoms with Gasteiger partial charge in [-0.2, -0.15) is 5.10 Å². The SMILES string of the molecule is O=C(Cc1cccnc1)Nc1cc(-n2cccn2)nc(-c2cccs2)n1. The van der Waals surface area contributed by atoms with Crippen molar-refractivity contribution in [2.24, 2.45) is 0 Å². The minimum Gasteiger partial charge on any atom is -0.310 e. The van der Waals surface area contributed by atoms with Crippen LogP contribution < -0.4 is 5.32 Å². The van der Waals surface area contributed by atoms with Gasteiger partial charge in [-0.05, 0) is 29.1 Å². The average molecular weight is 362 g/mol. The predicted octanol–water partition coefficient (Wildman–Crippen LogP) is 2.97. The van der Waals surface area contributed by atoms with E-state index in [9.17, 15) is 4.79 Å². The minimum absolute atomic E-state index is 0.166. The maximum Gasteiger partial charge on any atom is 0.230 e. The molecule has 0 bridgehead atoms. The molecule has 0 unspecified atom stereocenters. The first-order chi connectivity index (χ1) is 12.8. The molecule has 4 heterocycles. The Labute approximate surface area is 153 Å². The smallest absolute Gasteiger partial charge is 0.230 e. The molecule has 4 aromatic rings. The van der Waals surface area contributed by atoms with Crippen molar-refractivity contribution < 1.29 is 4.79 Å². The fourth-order valence-electron chi connectivity index (χ4n) is 2.41. The molecule has 8 heteroatoms. The van der Waals surface area contributed by atoms with Crippen molar-refractivity contribution in [2.45, 2.75) is 6.42 Å². The first kappa shape index (κ1) is 16.1. The Kier molecular flexibility index (Phi) is 4.48. The van der Waals surface area contributed by atoms with Crippen LogP contribution in [0.15, 0.2) is 66.6 Å². The van der Waals surface area contributed by atoms with E-state index in [0.717, 1.165) is 10.4 Å². The van der Waals surface area contributed by atoms with E-state index in [2.05, 4.69) is 25.4 Å². The quantitative estimate of drug-likeness (QED) is 0.590. The highest BCUT2D eigenvalue weighted by Crippen LogP contribution is 2.24. The first-order valence-electron chi connectivity index (χ1n) is 7.90. The van der Waals surface area contributed by atoms with Gasteiger partial charge in [0.2, 0.25) is 5.91 Å². The third-order valence-corrected chi connectivity index (χ3v) is 4.41. The molecule has 0 fully saturated rings. The summed E-state index contributed by atoms with van der Waals surface area (Å²) in [6, 6.07) is 11.0. The summed E-state index contributed by atoms with van der Waals surface area (Å²) >= 11 is 1.54. The molecular weight excluding hydrogens is 348 g/mol. The van der Waals surface area contributed by atoms with Crippen LogP contribution in [0.3, 0.4) is 0 Å². The van der Waals surface area contributed by atoms with Crippen molar-refractivity contribution in [2.75, 3.05) is 5.32 Å². The minimum atomic E-state index is -0.166. The Morgan fingerprint density at radius 3 is 2.85 bits per heavy atom. The zero-order valence-corrected chi connectivity index (χ0v) is 14.4. The lowest BCUT2D eigenvalue weighted by Gasteiger charge is -2.09. The van der Waals surface area contributed by atoms with Crippen molar-refractivity contribution in [1.29, 1.82) is 0 Å². The van der Waals surface area contributed by atoms with Gasteiger partial charge in [-0.3, -0.25) is 9.78 Å². The van der Waals surface area contributed by atoms with Gasteiger partial charge in [0.15, 0.2) is 11.6 Å². The molecule has 4 aromatic heterocycles. The fraction of sp³-hybridized carbons (Fsp3) is 0.0556. The molecule has 0 saturated carbocycles. The molecule has 0 radical (unpaired) electrons. The van der Waals surface area contributed by atoms with Crippen molar-refractivity contribution in [3.63, 3.8) is 0 Å². The highest BCUT2D eigenvalue weighted by Gasteiger charge is 2.12. The Morgan fingerprint density at radius 2 is 2.12 bits per heavy atom. The molecule has 0 aliphatic heterocycles. The topological polar surface area (TPSA) is 85.6 Å². The normalized spacial score (nSPS) is 10.6. The van der Waals surface area contributed by atoms with E-state index in [-0.39, 0.29) is 12.3 Å². The van der Waals surface area contributed by atoms with Crippen LogP contribution in [0.2, 0.25) is 0 Å². The maximum atomic E-state index is 12.4. The van der Waals surface area contributed by atoms with E-state index in [0.29, 0.717) is 17.5 Å². The lowest BCUT2D eigenvalue weighted by molar-refractivity contribution is -0.115. The number of aromatic nitrogens is 5. The monoisotopic (exact) mass is 362 g/mol. The average Bonchev–Trinajstić information content (AvgIpc) is 3.36. The van der Waals surface area contributed by atoms with Gasteiger partial charge in [-0.1, -0.05) is 12.1 Å². The van der Waals surface area contributed by atoms with E-state index in [1.54, 1.807) is 41.6 Å². The summed E-state index contributed by atoms with van der Waals surface area (Å²) in [5.74, 6) is 1.40. The Morgan fingerprint density at radius 1 is 1.15 bits per heavy atom. The van der Waals surface area contributed by atoms with Crippen LogP contribution in [0.4, 0.5) is 5.82 Å². The summed E-state index contributed by atoms with van der Waals surface area (Å²) in [4.78, 5) is 26.3. The number of hydrogen-bond acceptors (Lipinski definition) is 6. The van der Waals surface area contributed by atoms with E-state index < -0.39 is 0 Å². The molecule has 0 aromatic carbocycles. The number of rotatable bonds is 5. The summed E-state index contributed by atoms with van der Waals surface area (Å²) in [5.41, 5.74) is 0.838. The molecule has 0 spiro atoms. The van der Waals surface area contributed by atoms with Crippen LogP contribution in [0.1, 0.15) is 5.56 Å². The summed E-state index contributed by atoms with van der Waals surface area (Å²) in [6.45, 7) is 0. The van der Waals surface area contributed by atoms with Crippen LogP contribution in [-0.4, -0.2) is 30.6 Å². The molecule has 0 saturated heterocycles. The number of carbonyl (C=O) groups is 1. The predicted molar refractivity (Wildman–Crippen MR) is 99.0 cm³/mol. The van der Waals surface area contributed by atoms with E-state index in [4.69, 9.17) is 0 Å². The summed E-state index contributed by atoms with van der Waals surface area (Å²) in [6.07, 6.45) is 7.04. The molecule has 1 N–H and O–H groups in total. The zero-order valence-electron chi connectivity index (χ0n) is 13.6. The molecule has 128 valence electrons. The van der Waals surface area contributed by atoms with Gasteiger partial charge in [-0.15, -0.1) is 11.3 Å². The van der Waals surface area contributed by atoms with Crippen LogP contribution in [0, 0.1) is 0 Å². The molecule has 7 nitrogen and oxygen atoms in total. The lowest BCUT2D eigenvalue weighted by Crippen LogP contribution is -2.16. The van der Waals surface area contributed by atoms with Crippen molar-refractivity contribution in [3.8, 4) is 16.5 Å². The van der Waals surface area contributed by atoms with E-state index in [1.807, 2.05) is 29.6 Å². The number of nitrogens with one attached hydrogen (secondary N) is 1. The molecular formula is C18H14N6OS. The molecule has 26 heavy (non-hydrogen) atoms. The number of thiophene rings is 1.